The second kappa shape index (κ2) is 7.08. The van der Waals surface area contributed by atoms with Crippen LogP contribution in [0.3, 0.4) is 0 Å². The van der Waals surface area contributed by atoms with Crippen molar-refractivity contribution in [1.29, 1.82) is 0 Å². The van der Waals surface area contributed by atoms with Gasteiger partial charge >= 0.3 is 0 Å². The van der Waals surface area contributed by atoms with E-state index in [1.165, 1.54) is 12.1 Å². The fourth-order valence-electron chi connectivity index (χ4n) is 3.22. The number of methoxy groups -OCH3 is 1. The molecule has 1 aromatic heterocycles. The molecule has 0 bridgehead atoms. The molecule has 1 amide bonds. The summed E-state index contributed by atoms with van der Waals surface area (Å²) in [5.74, 6) is 1.32. The summed E-state index contributed by atoms with van der Waals surface area (Å²) in [7, 11) is 1.63. The molecule has 0 radical (unpaired) electrons. The Bertz CT molecular complexity index is 1000. The van der Waals surface area contributed by atoms with E-state index in [4.69, 9.17) is 4.74 Å². The first-order valence-electron chi connectivity index (χ1n) is 8.47. The molecule has 1 atom stereocenters. The maximum atomic E-state index is 13.3. The molecule has 0 saturated heterocycles. The van der Waals surface area contributed by atoms with Crippen LogP contribution in [0.2, 0.25) is 0 Å². The number of fused-ring (bicyclic) bond motifs is 1. The summed E-state index contributed by atoms with van der Waals surface area (Å²) in [4.78, 5) is 12.3. The van der Waals surface area contributed by atoms with Gasteiger partial charge in [0.2, 0.25) is 5.91 Å². The second-order valence-electron chi connectivity index (χ2n) is 6.25. The van der Waals surface area contributed by atoms with Crippen molar-refractivity contribution < 1.29 is 13.9 Å². The highest BCUT2D eigenvalue weighted by Crippen LogP contribution is 2.44. The van der Waals surface area contributed by atoms with Crippen LogP contribution in [0.5, 0.6) is 5.75 Å². The van der Waals surface area contributed by atoms with E-state index in [0.29, 0.717) is 17.3 Å². The molecule has 2 heterocycles. The molecular formula is C20H18FN3O2S. The van der Waals surface area contributed by atoms with Crippen LogP contribution in [0.4, 0.5) is 10.2 Å². The van der Waals surface area contributed by atoms with E-state index in [1.54, 1.807) is 35.7 Å². The van der Waals surface area contributed by atoms with E-state index in [9.17, 15) is 9.18 Å². The smallest absolute Gasteiger partial charge is 0.235 e. The number of hydrogen-bond acceptors (Lipinski definition) is 4. The summed E-state index contributed by atoms with van der Waals surface area (Å²) >= 11 is 1.55. The summed E-state index contributed by atoms with van der Waals surface area (Å²) < 4.78 is 20.3. The summed E-state index contributed by atoms with van der Waals surface area (Å²) in [6.07, 6.45) is 0. The fraction of sp³-hybridized carbons (Fsp3) is 0.200. The Kier molecular flexibility index (Phi) is 4.61. The van der Waals surface area contributed by atoms with Crippen molar-refractivity contribution in [3.63, 3.8) is 0 Å². The van der Waals surface area contributed by atoms with E-state index in [-0.39, 0.29) is 17.0 Å². The Morgan fingerprint density at radius 2 is 2.04 bits per heavy atom. The van der Waals surface area contributed by atoms with Gasteiger partial charge < -0.3 is 10.1 Å². The van der Waals surface area contributed by atoms with Gasteiger partial charge in [0.05, 0.1) is 29.5 Å². The van der Waals surface area contributed by atoms with Gasteiger partial charge in [-0.3, -0.25) is 4.79 Å². The first kappa shape index (κ1) is 17.6. The maximum absolute atomic E-state index is 13.3. The van der Waals surface area contributed by atoms with Crippen LogP contribution in [-0.4, -0.2) is 28.6 Å². The number of aryl methyl sites for hydroxylation is 1. The summed E-state index contributed by atoms with van der Waals surface area (Å²) in [6, 6.07) is 13.9. The number of carbonyl (C=O) groups is 1. The van der Waals surface area contributed by atoms with Gasteiger partial charge in [0.15, 0.2) is 0 Å². The topological polar surface area (TPSA) is 56.1 Å². The molecule has 27 heavy (non-hydrogen) atoms. The standard InChI is InChI=1S/C20H18FN3O2S/c1-12-18-19(13-4-3-5-16(10-13)26-2)27-11-17(25)22-20(18)24(23-12)15-8-6-14(21)7-9-15/h3-10,19H,11H2,1-2H3,(H,22,25)/t19-/m1/s1. The number of benzene rings is 2. The molecule has 0 spiro atoms. The van der Waals surface area contributed by atoms with Crippen molar-refractivity contribution >= 4 is 23.5 Å². The average Bonchev–Trinajstić information content (AvgIpc) is 2.88. The molecule has 1 aliphatic rings. The van der Waals surface area contributed by atoms with Crippen LogP contribution >= 0.6 is 11.8 Å². The van der Waals surface area contributed by atoms with Crippen molar-refractivity contribution in [2.24, 2.45) is 0 Å². The number of amides is 1. The van der Waals surface area contributed by atoms with Gasteiger partial charge in [-0.05, 0) is 48.9 Å². The van der Waals surface area contributed by atoms with Gasteiger partial charge in [-0.1, -0.05) is 12.1 Å². The third kappa shape index (κ3) is 3.30. The number of hydrogen-bond donors (Lipinski definition) is 1. The molecule has 0 fully saturated rings. The Labute approximate surface area is 160 Å². The Balaban J connectivity index is 1.87. The summed E-state index contributed by atoms with van der Waals surface area (Å²) in [5.41, 5.74) is 3.50. The molecule has 2 aromatic carbocycles. The lowest BCUT2D eigenvalue weighted by Crippen LogP contribution is -2.15. The molecule has 3 aromatic rings. The zero-order valence-electron chi connectivity index (χ0n) is 14.9. The largest absolute Gasteiger partial charge is 0.497 e. The molecule has 138 valence electrons. The van der Waals surface area contributed by atoms with Crippen LogP contribution in [0.1, 0.15) is 22.1 Å². The zero-order valence-corrected chi connectivity index (χ0v) is 15.7. The normalized spacial score (nSPS) is 16.4. The highest BCUT2D eigenvalue weighted by molar-refractivity contribution is 8.00. The van der Waals surface area contributed by atoms with Crippen molar-refractivity contribution in [3.05, 3.63) is 71.2 Å². The van der Waals surface area contributed by atoms with Gasteiger partial charge in [0.1, 0.15) is 17.4 Å². The SMILES string of the molecule is COc1cccc([C@H]2SCC(=O)Nc3c2c(C)nn3-c2ccc(F)cc2)c1. The van der Waals surface area contributed by atoms with Gasteiger partial charge in [-0.2, -0.15) is 5.10 Å². The Morgan fingerprint density at radius 3 is 2.78 bits per heavy atom. The number of nitrogens with zero attached hydrogens (tertiary/aromatic N) is 2. The first-order valence-corrected chi connectivity index (χ1v) is 9.52. The molecular weight excluding hydrogens is 365 g/mol. The lowest BCUT2D eigenvalue weighted by molar-refractivity contribution is -0.113. The fourth-order valence-corrected chi connectivity index (χ4v) is 4.40. The van der Waals surface area contributed by atoms with Gasteiger partial charge in [0.25, 0.3) is 0 Å². The molecule has 1 N–H and O–H groups in total. The number of carbonyl (C=O) groups excluding carboxylic acids is 1. The van der Waals surface area contributed by atoms with Crippen LogP contribution in [-0.2, 0) is 4.79 Å². The minimum atomic E-state index is -0.317. The number of anilines is 1. The van der Waals surface area contributed by atoms with Crippen molar-refractivity contribution in [2.75, 3.05) is 18.2 Å². The first-order chi connectivity index (χ1) is 13.1. The molecule has 4 rings (SSSR count). The third-order valence-electron chi connectivity index (χ3n) is 4.48. The molecule has 1 aliphatic heterocycles. The lowest BCUT2D eigenvalue weighted by atomic mass is 10.0. The molecule has 0 aliphatic carbocycles. The van der Waals surface area contributed by atoms with Crippen LogP contribution in [0.15, 0.2) is 48.5 Å². The minimum Gasteiger partial charge on any atom is -0.497 e. The minimum absolute atomic E-state index is 0.0664. The quantitative estimate of drug-likeness (QED) is 0.740. The number of halogens is 1. The molecule has 5 nitrogen and oxygen atoms in total. The Hall–Kier alpha value is -2.80. The number of ether oxygens (including phenoxy) is 1. The zero-order chi connectivity index (χ0) is 19.0. The molecule has 0 unspecified atom stereocenters. The van der Waals surface area contributed by atoms with E-state index < -0.39 is 0 Å². The Morgan fingerprint density at radius 1 is 1.26 bits per heavy atom. The number of rotatable bonds is 3. The van der Waals surface area contributed by atoms with Gasteiger partial charge in [-0.15, -0.1) is 11.8 Å². The predicted octanol–water partition coefficient (Wildman–Crippen LogP) is 4.10. The van der Waals surface area contributed by atoms with Crippen LogP contribution in [0, 0.1) is 12.7 Å². The van der Waals surface area contributed by atoms with Crippen molar-refractivity contribution in [2.45, 2.75) is 12.2 Å². The van der Waals surface area contributed by atoms with E-state index in [0.717, 1.165) is 22.6 Å². The third-order valence-corrected chi connectivity index (χ3v) is 5.75. The highest BCUT2D eigenvalue weighted by Gasteiger charge is 2.30. The average molecular weight is 383 g/mol. The van der Waals surface area contributed by atoms with Crippen LogP contribution < -0.4 is 10.1 Å². The number of thioether (sulfide) groups is 1. The van der Waals surface area contributed by atoms with Crippen molar-refractivity contribution in [3.8, 4) is 11.4 Å². The van der Waals surface area contributed by atoms with E-state index in [1.807, 2.05) is 31.2 Å². The van der Waals surface area contributed by atoms with E-state index >= 15 is 0 Å². The number of nitrogens with one attached hydrogen (secondary N) is 1. The van der Waals surface area contributed by atoms with Gasteiger partial charge in [0, 0.05) is 5.56 Å². The molecule has 0 saturated carbocycles. The highest BCUT2D eigenvalue weighted by atomic mass is 32.2. The monoisotopic (exact) mass is 383 g/mol. The number of aromatic nitrogens is 2. The molecule has 7 heteroatoms. The second-order valence-corrected chi connectivity index (χ2v) is 7.35. The summed E-state index contributed by atoms with van der Waals surface area (Å²) in [5, 5.41) is 7.52. The van der Waals surface area contributed by atoms with E-state index in [2.05, 4.69) is 10.4 Å². The lowest BCUT2D eigenvalue weighted by Gasteiger charge is -2.16. The predicted molar refractivity (Wildman–Crippen MR) is 104 cm³/mol. The van der Waals surface area contributed by atoms with Gasteiger partial charge in [-0.25, -0.2) is 9.07 Å². The van der Waals surface area contributed by atoms with Crippen molar-refractivity contribution in [1.82, 2.24) is 9.78 Å². The summed E-state index contributed by atoms with van der Waals surface area (Å²) in [6.45, 7) is 1.92. The maximum Gasteiger partial charge on any atom is 0.235 e. The van der Waals surface area contributed by atoms with Crippen LogP contribution in [0.25, 0.3) is 5.69 Å².